The van der Waals surface area contributed by atoms with Gasteiger partial charge in [-0.1, -0.05) is 35.9 Å². The SMILES string of the molecule is Clc1cccc(N=Nc2ccccc2)c1. The van der Waals surface area contributed by atoms with E-state index in [0.717, 1.165) is 11.4 Å². The lowest BCUT2D eigenvalue weighted by atomic mass is 10.3. The fourth-order valence-electron chi connectivity index (χ4n) is 1.15. The minimum Gasteiger partial charge on any atom is -0.151 e. The Balaban J connectivity index is 2.19. The standard InChI is InChI=1S/C12H9ClN2/c13-10-5-4-8-12(9-10)15-14-11-6-2-1-3-7-11/h1-9H. The molecule has 0 aliphatic heterocycles. The summed E-state index contributed by atoms with van der Waals surface area (Å²) >= 11 is 5.82. The molecule has 0 aliphatic rings. The predicted octanol–water partition coefficient (Wildman–Crippen LogP) is 4.76. The van der Waals surface area contributed by atoms with Gasteiger partial charge in [-0.05, 0) is 30.3 Å². The van der Waals surface area contributed by atoms with Gasteiger partial charge < -0.3 is 0 Å². The summed E-state index contributed by atoms with van der Waals surface area (Å²) < 4.78 is 0. The van der Waals surface area contributed by atoms with Crippen LogP contribution in [0.15, 0.2) is 64.8 Å². The van der Waals surface area contributed by atoms with Gasteiger partial charge in [-0.2, -0.15) is 10.2 Å². The van der Waals surface area contributed by atoms with Gasteiger partial charge in [-0.3, -0.25) is 0 Å². The van der Waals surface area contributed by atoms with Crippen molar-refractivity contribution in [3.63, 3.8) is 0 Å². The van der Waals surface area contributed by atoms with E-state index >= 15 is 0 Å². The molecule has 2 aromatic carbocycles. The molecule has 0 radical (unpaired) electrons. The van der Waals surface area contributed by atoms with Crippen LogP contribution in [0.25, 0.3) is 0 Å². The van der Waals surface area contributed by atoms with Crippen LogP contribution in [0, 0.1) is 0 Å². The van der Waals surface area contributed by atoms with Crippen molar-refractivity contribution in [1.82, 2.24) is 0 Å². The van der Waals surface area contributed by atoms with E-state index in [-0.39, 0.29) is 0 Å². The maximum Gasteiger partial charge on any atom is 0.0871 e. The van der Waals surface area contributed by atoms with E-state index in [9.17, 15) is 0 Å². The predicted molar refractivity (Wildman–Crippen MR) is 62.1 cm³/mol. The Morgan fingerprint density at radius 2 is 1.40 bits per heavy atom. The molecule has 0 saturated heterocycles. The summed E-state index contributed by atoms with van der Waals surface area (Å²) in [5, 5.41) is 8.83. The Bertz CT molecular complexity index is 466. The number of hydrogen-bond acceptors (Lipinski definition) is 2. The van der Waals surface area contributed by atoms with Gasteiger partial charge in [0.25, 0.3) is 0 Å². The van der Waals surface area contributed by atoms with Crippen LogP contribution in [0.4, 0.5) is 11.4 Å². The van der Waals surface area contributed by atoms with Gasteiger partial charge in [-0.25, -0.2) is 0 Å². The maximum atomic E-state index is 5.82. The third-order valence-corrected chi connectivity index (χ3v) is 2.08. The molecule has 0 aromatic heterocycles. The molecule has 2 aromatic rings. The number of halogens is 1. The van der Waals surface area contributed by atoms with Gasteiger partial charge in [0.1, 0.15) is 0 Å². The first-order valence-electron chi connectivity index (χ1n) is 4.57. The quantitative estimate of drug-likeness (QED) is 0.647. The molecule has 0 spiro atoms. The molecule has 0 aliphatic carbocycles. The van der Waals surface area contributed by atoms with Gasteiger partial charge in [0, 0.05) is 5.02 Å². The van der Waals surface area contributed by atoms with E-state index in [0.29, 0.717) is 5.02 Å². The zero-order valence-corrected chi connectivity index (χ0v) is 8.72. The van der Waals surface area contributed by atoms with Crippen molar-refractivity contribution in [2.75, 3.05) is 0 Å². The monoisotopic (exact) mass is 216 g/mol. The molecule has 2 nitrogen and oxygen atoms in total. The number of hydrogen-bond donors (Lipinski definition) is 0. The fraction of sp³-hybridized carbons (Fsp3) is 0. The smallest absolute Gasteiger partial charge is 0.0871 e. The van der Waals surface area contributed by atoms with Gasteiger partial charge in [0.05, 0.1) is 11.4 Å². The van der Waals surface area contributed by atoms with Crippen molar-refractivity contribution in [2.45, 2.75) is 0 Å². The zero-order valence-electron chi connectivity index (χ0n) is 7.97. The highest BCUT2D eigenvalue weighted by atomic mass is 35.5. The van der Waals surface area contributed by atoms with Crippen LogP contribution in [-0.2, 0) is 0 Å². The van der Waals surface area contributed by atoms with Crippen LogP contribution in [0.2, 0.25) is 5.02 Å². The Kier molecular flexibility index (Phi) is 3.10. The zero-order chi connectivity index (χ0) is 10.5. The Morgan fingerprint density at radius 1 is 0.733 bits per heavy atom. The molecular weight excluding hydrogens is 208 g/mol. The second-order valence-electron chi connectivity index (χ2n) is 3.02. The highest BCUT2D eigenvalue weighted by Crippen LogP contribution is 2.20. The molecule has 3 heteroatoms. The van der Waals surface area contributed by atoms with E-state index < -0.39 is 0 Å². The average Bonchev–Trinajstić information content (AvgIpc) is 2.28. The highest BCUT2D eigenvalue weighted by molar-refractivity contribution is 6.30. The summed E-state index contributed by atoms with van der Waals surface area (Å²) in [6, 6.07) is 16.9. The fourth-order valence-corrected chi connectivity index (χ4v) is 1.33. The molecular formula is C12H9ClN2. The highest BCUT2D eigenvalue weighted by Gasteiger charge is 1.91. The van der Waals surface area contributed by atoms with Crippen LogP contribution < -0.4 is 0 Å². The Labute approximate surface area is 93.2 Å². The molecule has 0 bridgehead atoms. The summed E-state index contributed by atoms with van der Waals surface area (Å²) in [4.78, 5) is 0. The minimum atomic E-state index is 0.666. The summed E-state index contributed by atoms with van der Waals surface area (Å²) in [7, 11) is 0. The lowest BCUT2D eigenvalue weighted by Crippen LogP contribution is -1.65. The lowest BCUT2D eigenvalue weighted by molar-refractivity contribution is 1.23. The second-order valence-corrected chi connectivity index (χ2v) is 3.45. The van der Waals surface area contributed by atoms with Gasteiger partial charge in [0.2, 0.25) is 0 Å². The topological polar surface area (TPSA) is 24.7 Å². The number of azo groups is 1. The van der Waals surface area contributed by atoms with Crippen molar-refractivity contribution >= 4 is 23.0 Å². The summed E-state index contributed by atoms with van der Waals surface area (Å²) in [5.41, 5.74) is 1.59. The number of rotatable bonds is 2. The van der Waals surface area contributed by atoms with Crippen LogP contribution in [0.3, 0.4) is 0 Å². The van der Waals surface area contributed by atoms with E-state index in [1.807, 2.05) is 48.5 Å². The number of nitrogens with zero attached hydrogens (tertiary/aromatic N) is 2. The van der Waals surface area contributed by atoms with Crippen LogP contribution in [-0.4, -0.2) is 0 Å². The molecule has 0 saturated carbocycles. The maximum absolute atomic E-state index is 5.82. The molecule has 0 amide bonds. The van der Waals surface area contributed by atoms with E-state index in [1.54, 1.807) is 6.07 Å². The third kappa shape index (κ3) is 2.89. The molecule has 0 N–H and O–H groups in total. The first-order chi connectivity index (χ1) is 7.34. The third-order valence-electron chi connectivity index (χ3n) is 1.85. The van der Waals surface area contributed by atoms with E-state index in [4.69, 9.17) is 11.6 Å². The Hall–Kier alpha value is -1.67. The molecule has 74 valence electrons. The van der Waals surface area contributed by atoms with Crippen LogP contribution >= 0.6 is 11.6 Å². The van der Waals surface area contributed by atoms with Gasteiger partial charge in [-0.15, -0.1) is 0 Å². The van der Waals surface area contributed by atoms with Crippen molar-refractivity contribution in [3.05, 3.63) is 59.6 Å². The van der Waals surface area contributed by atoms with Crippen LogP contribution in [0.5, 0.6) is 0 Å². The van der Waals surface area contributed by atoms with E-state index in [1.165, 1.54) is 0 Å². The van der Waals surface area contributed by atoms with Crippen molar-refractivity contribution in [3.8, 4) is 0 Å². The van der Waals surface area contributed by atoms with Crippen molar-refractivity contribution in [1.29, 1.82) is 0 Å². The molecule has 0 unspecified atom stereocenters. The molecule has 0 heterocycles. The summed E-state index contributed by atoms with van der Waals surface area (Å²) in [5.74, 6) is 0. The minimum absolute atomic E-state index is 0.666. The summed E-state index contributed by atoms with van der Waals surface area (Å²) in [6.45, 7) is 0. The molecule has 0 fully saturated rings. The molecule has 2 rings (SSSR count). The molecule has 15 heavy (non-hydrogen) atoms. The second kappa shape index (κ2) is 4.71. The summed E-state index contributed by atoms with van der Waals surface area (Å²) in [6.07, 6.45) is 0. The van der Waals surface area contributed by atoms with Gasteiger partial charge >= 0.3 is 0 Å². The van der Waals surface area contributed by atoms with Crippen molar-refractivity contribution in [2.24, 2.45) is 10.2 Å². The molecule has 0 atom stereocenters. The van der Waals surface area contributed by atoms with Crippen LogP contribution in [0.1, 0.15) is 0 Å². The first-order valence-corrected chi connectivity index (χ1v) is 4.95. The van der Waals surface area contributed by atoms with E-state index in [2.05, 4.69) is 10.2 Å². The Morgan fingerprint density at radius 3 is 2.13 bits per heavy atom. The first kappa shape index (κ1) is 9.87. The largest absolute Gasteiger partial charge is 0.151 e. The van der Waals surface area contributed by atoms with Gasteiger partial charge in [0.15, 0.2) is 0 Å². The lowest BCUT2D eigenvalue weighted by Gasteiger charge is -1.93. The normalized spacial score (nSPS) is 10.7. The average molecular weight is 217 g/mol. The van der Waals surface area contributed by atoms with Crippen molar-refractivity contribution < 1.29 is 0 Å². The number of benzene rings is 2.